The lowest BCUT2D eigenvalue weighted by Gasteiger charge is -2.01. The second-order valence-electron chi connectivity index (χ2n) is 4.95. The Morgan fingerprint density at radius 3 is 1.83 bits per heavy atom. The number of hydrogen-bond acceptors (Lipinski definition) is 3. The Bertz CT molecular complexity index is 741. The molecule has 0 heterocycles. The van der Waals surface area contributed by atoms with Crippen LogP contribution in [0, 0.1) is 10.1 Å². The molecule has 122 valence electrons. The number of ether oxygens (including phenoxy) is 1. The summed E-state index contributed by atoms with van der Waals surface area (Å²) in [6, 6.07) is 14.3. The van der Waals surface area contributed by atoms with Crippen molar-refractivity contribution >= 4 is 17.8 Å². The van der Waals surface area contributed by atoms with E-state index in [4.69, 9.17) is 4.74 Å². The molecule has 0 radical (unpaired) electrons. The van der Waals surface area contributed by atoms with Crippen LogP contribution in [0.4, 0.5) is 5.69 Å². The molecule has 0 aliphatic heterocycles. The SMILES string of the molecule is CCOc1ccc(/C=C/C=C/C=C/c2ccc([N+](=O)[O-])cc2)cc1. The van der Waals surface area contributed by atoms with Gasteiger partial charge in [0.25, 0.3) is 5.69 Å². The van der Waals surface area contributed by atoms with E-state index in [0.717, 1.165) is 16.9 Å². The maximum absolute atomic E-state index is 10.6. The van der Waals surface area contributed by atoms with Crippen LogP contribution in [0.1, 0.15) is 18.1 Å². The first kappa shape index (κ1) is 17.2. The predicted molar refractivity (Wildman–Crippen MR) is 97.9 cm³/mol. The third-order valence-electron chi connectivity index (χ3n) is 3.21. The van der Waals surface area contributed by atoms with Gasteiger partial charge in [-0.25, -0.2) is 0 Å². The maximum atomic E-state index is 10.6. The molecule has 0 unspecified atom stereocenters. The lowest BCUT2D eigenvalue weighted by atomic mass is 10.2. The largest absolute Gasteiger partial charge is 0.494 e. The van der Waals surface area contributed by atoms with Crippen molar-refractivity contribution in [3.05, 3.63) is 94.1 Å². The molecule has 0 amide bonds. The minimum absolute atomic E-state index is 0.0981. The Kier molecular flexibility index (Phi) is 6.53. The summed E-state index contributed by atoms with van der Waals surface area (Å²) in [4.78, 5) is 10.2. The van der Waals surface area contributed by atoms with Crippen LogP contribution in [0.25, 0.3) is 12.2 Å². The van der Waals surface area contributed by atoms with Gasteiger partial charge in [-0.3, -0.25) is 10.1 Å². The number of nitro groups is 1. The average Bonchev–Trinajstić information content (AvgIpc) is 2.60. The van der Waals surface area contributed by atoms with Gasteiger partial charge in [0.1, 0.15) is 5.75 Å². The van der Waals surface area contributed by atoms with Crippen molar-refractivity contribution in [3.63, 3.8) is 0 Å². The highest BCUT2D eigenvalue weighted by Crippen LogP contribution is 2.14. The Balaban J connectivity index is 1.85. The Morgan fingerprint density at radius 1 is 0.875 bits per heavy atom. The van der Waals surface area contributed by atoms with Crippen LogP contribution in [0.5, 0.6) is 5.75 Å². The number of nitrogens with zero attached hydrogens (tertiary/aromatic N) is 1. The summed E-state index contributed by atoms with van der Waals surface area (Å²) in [5, 5.41) is 10.6. The van der Waals surface area contributed by atoms with E-state index in [0.29, 0.717) is 6.61 Å². The zero-order valence-corrected chi connectivity index (χ0v) is 13.5. The van der Waals surface area contributed by atoms with E-state index in [9.17, 15) is 10.1 Å². The van der Waals surface area contributed by atoms with E-state index in [2.05, 4.69) is 0 Å². The predicted octanol–water partition coefficient (Wildman–Crippen LogP) is 5.28. The molecule has 0 aliphatic carbocycles. The van der Waals surface area contributed by atoms with E-state index in [1.807, 2.05) is 67.6 Å². The molecule has 0 atom stereocenters. The van der Waals surface area contributed by atoms with Crippen molar-refractivity contribution in [2.45, 2.75) is 6.92 Å². The van der Waals surface area contributed by atoms with E-state index in [1.54, 1.807) is 12.1 Å². The van der Waals surface area contributed by atoms with Crippen LogP contribution in [-0.2, 0) is 0 Å². The van der Waals surface area contributed by atoms with E-state index in [1.165, 1.54) is 12.1 Å². The second kappa shape index (κ2) is 9.10. The molecule has 24 heavy (non-hydrogen) atoms. The van der Waals surface area contributed by atoms with Crippen LogP contribution >= 0.6 is 0 Å². The number of hydrogen-bond donors (Lipinski definition) is 0. The number of benzene rings is 2. The van der Waals surface area contributed by atoms with Crippen LogP contribution in [0.15, 0.2) is 72.8 Å². The monoisotopic (exact) mass is 321 g/mol. The first-order valence-electron chi connectivity index (χ1n) is 7.68. The Hall–Kier alpha value is -3.14. The molecule has 0 N–H and O–H groups in total. The highest BCUT2D eigenvalue weighted by atomic mass is 16.6. The van der Waals surface area contributed by atoms with Crippen molar-refractivity contribution in [1.29, 1.82) is 0 Å². The molecule has 0 bridgehead atoms. The highest BCUT2D eigenvalue weighted by molar-refractivity contribution is 5.55. The second-order valence-corrected chi connectivity index (χ2v) is 4.95. The summed E-state index contributed by atoms with van der Waals surface area (Å²) in [5.41, 5.74) is 2.11. The van der Waals surface area contributed by atoms with Crippen molar-refractivity contribution in [3.8, 4) is 5.75 Å². The van der Waals surface area contributed by atoms with Crippen molar-refractivity contribution in [1.82, 2.24) is 0 Å². The Morgan fingerprint density at radius 2 is 1.38 bits per heavy atom. The topological polar surface area (TPSA) is 52.4 Å². The normalized spacial score (nSPS) is 11.5. The fourth-order valence-corrected chi connectivity index (χ4v) is 2.01. The first-order valence-corrected chi connectivity index (χ1v) is 7.68. The molecule has 2 rings (SSSR count). The zero-order valence-electron chi connectivity index (χ0n) is 13.5. The van der Waals surface area contributed by atoms with Gasteiger partial charge in [0.2, 0.25) is 0 Å². The fraction of sp³-hybridized carbons (Fsp3) is 0.100. The fourth-order valence-electron chi connectivity index (χ4n) is 2.01. The van der Waals surface area contributed by atoms with Crippen LogP contribution < -0.4 is 4.74 Å². The lowest BCUT2D eigenvalue weighted by Crippen LogP contribution is -1.90. The van der Waals surface area contributed by atoms with Crippen LogP contribution in [0.3, 0.4) is 0 Å². The molecule has 0 saturated carbocycles. The minimum Gasteiger partial charge on any atom is -0.494 e. The molecule has 0 aliphatic rings. The first-order chi connectivity index (χ1) is 11.7. The summed E-state index contributed by atoms with van der Waals surface area (Å²) in [6.07, 6.45) is 11.6. The molecule has 2 aromatic rings. The molecule has 4 heteroatoms. The molecule has 2 aromatic carbocycles. The van der Waals surface area contributed by atoms with Gasteiger partial charge < -0.3 is 4.74 Å². The molecule has 4 nitrogen and oxygen atoms in total. The summed E-state index contributed by atoms with van der Waals surface area (Å²) in [7, 11) is 0. The van der Waals surface area contributed by atoms with Gasteiger partial charge in [-0.2, -0.15) is 0 Å². The minimum atomic E-state index is -0.404. The third kappa shape index (κ3) is 5.57. The van der Waals surface area contributed by atoms with Crippen LogP contribution in [-0.4, -0.2) is 11.5 Å². The van der Waals surface area contributed by atoms with Crippen LogP contribution in [0.2, 0.25) is 0 Å². The molecule has 0 aromatic heterocycles. The summed E-state index contributed by atoms with van der Waals surface area (Å²) in [6.45, 7) is 2.63. The molecule has 0 spiro atoms. The van der Waals surface area contributed by atoms with Gasteiger partial charge in [0.05, 0.1) is 11.5 Å². The molecular weight excluding hydrogens is 302 g/mol. The molecule has 0 saturated heterocycles. The summed E-state index contributed by atoms with van der Waals surface area (Å²) < 4.78 is 5.40. The third-order valence-corrected chi connectivity index (χ3v) is 3.21. The van der Waals surface area contributed by atoms with Gasteiger partial charge in [0.15, 0.2) is 0 Å². The maximum Gasteiger partial charge on any atom is 0.269 e. The zero-order chi connectivity index (χ0) is 17.2. The number of allylic oxidation sites excluding steroid dienone is 4. The molecule has 0 fully saturated rings. The van der Waals surface area contributed by atoms with Gasteiger partial charge in [-0.05, 0) is 42.3 Å². The van der Waals surface area contributed by atoms with Crippen molar-refractivity contribution in [2.75, 3.05) is 6.61 Å². The van der Waals surface area contributed by atoms with Crippen molar-refractivity contribution < 1.29 is 9.66 Å². The van der Waals surface area contributed by atoms with Gasteiger partial charge in [-0.15, -0.1) is 0 Å². The quantitative estimate of drug-likeness (QED) is 0.396. The van der Waals surface area contributed by atoms with E-state index < -0.39 is 4.92 Å². The molecular formula is C20H19NO3. The highest BCUT2D eigenvalue weighted by Gasteiger charge is 2.01. The van der Waals surface area contributed by atoms with Gasteiger partial charge in [0, 0.05) is 12.1 Å². The standard InChI is InChI=1S/C20H19NO3/c1-2-24-20-15-11-18(12-16-20)8-6-4-3-5-7-17-9-13-19(14-10-17)21(22)23/h3-16H,2H2,1H3/b4-3+,7-5+,8-6+. The number of non-ortho nitro benzene ring substituents is 1. The van der Waals surface area contributed by atoms with E-state index >= 15 is 0 Å². The summed E-state index contributed by atoms with van der Waals surface area (Å²) >= 11 is 0. The summed E-state index contributed by atoms with van der Waals surface area (Å²) in [5.74, 6) is 0.872. The number of rotatable bonds is 7. The lowest BCUT2D eigenvalue weighted by molar-refractivity contribution is -0.384. The number of nitro benzene ring substituents is 1. The van der Waals surface area contributed by atoms with E-state index in [-0.39, 0.29) is 5.69 Å². The van der Waals surface area contributed by atoms with Crippen molar-refractivity contribution in [2.24, 2.45) is 0 Å². The average molecular weight is 321 g/mol. The van der Waals surface area contributed by atoms with Gasteiger partial charge >= 0.3 is 0 Å². The van der Waals surface area contributed by atoms with Gasteiger partial charge in [-0.1, -0.05) is 48.6 Å². The smallest absolute Gasteiger partial charge is 0.269 e. The Labute approximate surface area is 141 Å².